The Balaban J connectivity index is 1.49. The summed E-state index contributed by atoms with van der Waals surface area (Å²) in [7, 11) is 0. The van der Waals surface area contributed by atoms with Gasteiger partial charge in [0.15, 0.2) is 0 Å². The second-order valence-electron chi connectivity index (χ2n) is 7.89. The molecule has 1 atom stereocenters. The molecule has 5 heteroatoms. The van der Waals surface area contributed by atoms with Crippen molar-refractivity contribution in [1.82, 2.24) is 9.47 Å². The highest BCUT2D eigenvalue weighted by molar-refractivity contribution is 6.21. The topological polar surface area (TPSA) is 62.5 Å². The number of β-amino-alcohol motifs (C(OH)–C–C–N with tert-alkyl or cyclic N) is 1. The van der Waals surface area contributed by atoms with E-state index in [0.29, 0.717) is 11.1 Å². The molecule has 3 aromatic carbocycles. The van der Waals surface area contributed by atoms with E-state index in [1.54, 1.807) is 24.3 Å². The van der Waals surface area contributed by atoms with Crippen molar-refractivity contribution in [2.75, 3.05) is 6.54 Å². The number of aliphatic hydroxyl groups excluding tert-OH is 1. The van der Waals surface area contributed by atoms with Crippen molar-refractivity contribution in [3.63, 3.8) is 0 Å². The smallest absolute Gasteiger partial charge is 0.261 e. The third-order valence-electron chi connectivity index (χ3n) is 5.94. The molecule has 1 aromatic heterocycles. The Labute approximate surface area is 180 Å². The molecule has 1 aliphatic rings. The van der Waals surface area contributed by atoms with E-state index in [0.717, 1.165) is 32.6 Å². The summed E-state index contributed by atoms with van der Waals surface area (Å²) in [6.45, 7) is 2.30. The predicted octanol–water partition coefficient (Wildman–Crippen LogP) is 4.27. The fourth-order valence-corrected chi connectivity index (χ4v) is 4.52. The number of imide groups is 1. The van der Waals surface area contributed by atoms with Gasteiger partial charge < -0.3 is 9.67 Å². The van der Waals surface area contributed by atoms with Gasteiger partial charge in [-0.05, 0) is 36.2 Å². The summed E-state index contributed by atoms with van der Waals surface area (Å²) in [4.78, 5) is 26.5. The molecular formula is C26H22N2O3. The van der Waals surface area contributed by atoms with Crippen LogP contribution in [0.1, 0.15) is 26.3 Å². The van der Waals surface area contributed by atoms with Crippen LogP contribution < -0.4 is 0 Å². The first-order valence-electron chi connectivity index (χ1n) is 10.3. The maximum absolute atomic E-state index is 12.7. The average molecular weight is 410 g/mol. The zero-order chi connectivity index (χ0) is 21.5. The van der Waals surface area contributed by atoms with Gasteiger partial charge in [-0.15, -0.1) is 0 Å². The van der Waals surface area contributed by atoms with Crippen molar-refractivity contribution in [2.24, 2.45) is 0 Å². The third-order valence-corrected chi connectivity index (χ3v) is 5.94. The van der Waals surface area contributed by atoms with E-state index in [9.17, 15) is 14.7 Å². The third kappa shape index (κ3) is 3.14. The number of carbonyl (C=O) groups is 2. The minimum Gasteiger partial charge on any atom is -0.389 e. The summed E-state index contributed by atoms with van der Waals surface area (Å²) in [6.07, 6.45) is -0.903. The second kappa shape index (κ2) is 7.52. The molecule has 0 aliphatic carbocycles. The Morgan fingerprint density at radius 1 is 0.774 bits per heavy atom. The number of benzene rings is 3. The van der Waals surface area contributed by atoms with Gasteiger partial charge in [-0.1, -0.05) is 60.7 Å². The lowest BCUT2D eigenvalue weighted by Gasteiger charge is -2.21. The second-order valence-corrected chi connectivity index (χ2v) is 7.89. The summed E-state index contributed by atoms with van der Waals surface area (Å²) >= 11 is 0. The number of nitrogens with zero attached hydrogens (tertiary/aromatic N) is 2. The molecule has 4 aromatic rings. The van der Waals surface area contributed by atoms with Crippen molar-refractivity contribution in [2.45, 2.75) is 19.6 Å². The fourth-order valence-electron chi connectivity index (χ4n) is 4.52. The molecule has 0 bridgehead atoms. The van der Waals surface area contributed by atoms with Gasteiger partial charge in [0.25, 0.3) is 11.8 Å². The van der Waals surface area contributed by atoms with Crippen LogP contribution >= 0.6 is 0 Å². The molecule has 0 radical (unpaired) electrons. The van der Waals surface area contributed by atoms with Crippen molar-refractivity contribution in [1.29, 1.82) is 0 Å². The number of rotatable bonds is 5. The van der Waals surface area contributed by atoms with Crippen LogP contribution in [0.5, 0.6) is 0 Å². The molecule has 1 aliphatic heterocycles. The van der Waals surface area contributed by atoms with E-state index in [1.165, 1.54) is 0 Å². The fraction of sp³-hybridized carbons (Fsp3) is 0.154. The van der Waals surface area contributed by atoms with E-state index in [-0.39, 0.29) is 24.9 Å². The molecule has 31 heavy (non-hydrogen) atoms. The number of carbonyl (C=O) groups excluding carboxylic acids is 2. The monoisotopic (exact) mass is 410 g/mol. The van der Waals surface area contributed by atoms with Crippen LogP contribution in [0.25, 0.3) is 22.2 Å². The lowest BCUT2D eigenvalue weighted by Crippen LogP contribution is -2.38. The first-order chi connectivity index (χ1) is 15.1. The molecule has 5 rings (SSSR count). The Morgan fingerprint density at radius 2 is 1.35 bits per heavy atom. The lowest BCUT2D eigenvalue weighted by atomic mass is 10.1. The van der Waals surface area contributed by atoms with Gasteiger partial charge in [0.2, 0.25) is 0 Å². The normalized spacial score (nSPS) is 14.3. The summed E-state index contributed by atoms with van der Waals surface area (Å²) in [5, 5.41) is 12.1. The van der Waals surface area contributed by atoms with Gasteiger partial charge in [-0.3, -0.25) is 14.5 Å². The number of amides is 2. The minimum atomic E-state index is -0.903. The molecule has 154 valence electrons. The summed E-state index contributed by atoms with van der Waals surface area (Å²) in [5.74, 6) is -0.701. The summed E-state index contributed by atoms with van der Waals surface area (Å²) < 4.78 is 2.09. The van der Waals surface area contributed by atoms with Crippen molar-refractivity contribution >= 4 is 22.7 Å². The maximum Gasteiger partial charge on any atom is 0.261 e. The SMILES string of the molecule is Cc1c(-c2ccccc2)n(CC(O)CN2C(=O)c3ccccc3C2=O)c2ccccc12. The van der Waals surface area contributed by atoms with Gasteiger partial charge >= 0.3 is 0 Å². The van der Waals surface area contributed by atoms with Gasteiger partial charge in [-0.25, -0.2) is 0 Å². The standard InChI is InChI=1S/C26H22N2O3/c1-17-20-11-7-8-14-23(20)27(24(17)18-9-3-2-4-10-18)15-19(29)16-28-25(30)21-12-5-6-13-22(21)26(28)31/h2-14,19,29H,15-16H2,1H3. The lowest BCUT2D eigenvalue weighted by molar-refractivity contribution is 0.0523. The molecule has 1 unspecified atom stereocenters. The molecule has 1 N–H and O–H groups in total. The maximum atomic E-state index is 12.7. The number of aryl methyl sites for hydroxylation is 1. The van der Waals surface area contributed by atoms with Gasteiger partial charge in [-0.2, -0.15) is 0 Å². The van der Waals surface area contributed by atoms with Crippen LogP contribution in [-0.4, -0.2) is 39.0 Å². The van der Waals surface area contributed by atoms with E-state index in [1.807, 2.05) is 48.5 Å². The van der Waals surface area contributed by atoms with Crippen molar-refractivity contribution in [3.05, 3.63) is 95.6 Å². The Kier molecular flexibility index (Phi) is 4.68. The number of aromatic nitrogens is 1. The zero-order valence-corrected chi connectivity index (χ0v) is 17.2. The molecule has 2 amide bonds. The zero-order valence-electron chi connectivity index (χ0n) is 17.2. The Bertz CT molecular complexity index is 1270. The van der Waals surface area contributed by atoms with Crippen LogP contribution in [0.3, 0.4) is 0 Å². The number of hydrogen-bond acceptors (Lipinski definition) is 3. The average Bonchev–Trinajstić information content (AvgIpc) is 3.21. The van der Waals surface area contributed by atoms with Crippen LogP contribution in [0.15, 0.2) is 78.9 Å². The first kappa shape index (κ1) is 19.3. The highest BCUT2D eigenvalue weighted by Gasteiger charge is 2.36. The molecule has 0 spiro atoms. The van der Waals surface area contributed by atoms with Gasteiger partial charge in [0.05, 0.1) is 36.0 Å². The Hall–Kier alpha value is -3.70. The molecule has 0 saturated carbocycles. The molecule has 0 saturated heterocycles. The van der Waals surface area contributed by atoms with E-state index >= 15 is 0 Å². The van der Waals surface area contributed by atoms with Gasteiger partial charge in [0, 0.05) is 10.9 Å². The Morgan fingerprint density at radius 3 is 2.03 bits per heavy atom. The van der Waals surface area contributed by atoms with Gasteiger partial charge in [0.1, 0.15) is 0 Å². The first-order valence-corrected chi connectivity index (χ1v) is 10.3. The highest BCUT2D eigenvalue weighted by atomic mass is 16.3. The van der Waals surface area contributed by atoms with E-state index < -0.39 is 6.10 Å². The summed E-state index contributed by atoms with van der Waals surface area (Å²) in [6, 6.07) is 24.9. The van der Waals surface area contributed by atoms with E-state index in [2.05, 4.69) is 17.6 Å². The molecule has 0 fully saturated rings. The molecule has 5 nitrogen and oxygen atoms in total. The molecule has 2 heterocycles. The van der Waals surface area contributed by atoms with Crippen molar-refractivity contribution < 1.29 is 14.7 Å². The number of hydrogen-bond donors (Lipinski definition) is 1. The minimum absolute atomic E-state index is 0.0495. The van der Waals surface area contributed by atoms with Crippen molar-refractivity contribution in [3.8, 4) is 11.3 Å². The van der Waals surface area contributed by atoms with Crippen LogP contribution in [0.4, 0.5) is 0 Å². The van der Waals surface area contributed by atoms with Crippen LogP contribution in [-0.2, 0) is 6.54 Å². The summed E-state index contributed by atoms with van der Waals surface area (Å²) in [5.41, 5.74) is 5.03. The van der Waals surface area contributed by atoms with Crippen LogP contribution in [0, 0.1) is 6.92 Å². The quantitative estimate of drug-likeness (QED) is 0.500. The number of para-hydroxylation sites is 1. The highest BCUT2D eigenvalue weighted by Crippen LogP contribution is 2.33. The molecular weight excluding hydrogens is 388 g/mol. The largest absolute Gasteiger partial charge is 0.389 e. The number of fused-ring (bicyclic) bond motifs is 2. The number of aliphatic hydroxyl groups is 1. The van der Waals surface area contributed by atoms with Crippen LogP contribution in [0.2, 0.25) is 0 Å². The predicted molar refractivity (Wildman–Crippen MR) is 120 cm³/mol. The van der Waals surface area contributed by atoms with E-state index in [4.69, 9.17) is 0 Å².